The summed E-state index contributed by atoms with van der Waals surface area (Å²) >= 11 is 0. The second kappa shape index (κ2) is 6.79. The first-order valence-electron chi connectivity index (χ1n) is 8.79. The lowest BCUT2D eigenvalue weighted by Crippen LogP contribution is -2.47. The Kier molecular flexibility index (Phi) is 5.53. The highest BCUT2D eigenvalue weighted by atomic mass is 15.1. The summed E-state index contributed by atoms with van der Waals surface area (Å²) in [5.74, 6) is 1.73. The van der Waals surface area contributed by atoms with Crippen molar-refractivity contribution in [3.05, 3.63) is 0 Å². The highest BCUT2D eigenvalue weighted by Crippen LogP contribution is 2.40. The van der Waals surface area contributed by atoms with Gasteiger partial charge in [0.25, 0.3) is 0 Å². The van der Waals surface area contributed by atoms with Gasteiger partial charge < -0.3 is 10.2 Å². The van der Waals surface area contributed by atoms with E-state index in [0.29, 0.717) is 5.41 Å². The van der Waals surface area contributed by atoms with Crippen molar-refractivity contribution >= 4 is 0 Å². The van der Waals surface area contributed by atoms with E-state index in [1.165, 1.54) is 51.5 Å². The molecule has 0 radical (unpaired) electrons. The molecule has 0 aromatic rings. The smallest absolute Gasteiger partial charge is 0.0105 e. The topological polar surface area (TPSA) is 15.3 Å². The maximum Gasteiger partial charge on any atom is 0.0105 e. The van der Waals surface area contributed by atoms with Crippen LogP contribution in [0.4, 0.5) is 0 Å². The Hall–Kier alpha value is -0.0800. The summed E-state index contributed by atoms with van der Waals surface area (Å²) in [6.07, 6.45) is 9.91. The lowest BCUT2D eigenvalue weighted by atomic mass is 9.67. The third-order valence-corrected chi connectivity index (χ3v) is 6.05. The van der Waals surface area contributed by atoms with Crippen LogP contribution >= 0.6 is 0 Å². The molecular formula is C18H36N2. The van der Waals surface area contributed by atoms with Crippen LogP contribution in [-0.4, -0.2) is 37.6 Å². The summed E-state index contributed by atoms with van der Waals surface area (Å²) in [5.41, 5.74) is 0.475. The van der Waals surface area contributed by atoms with Crippen LogP contribution in [0.15, 0.2) is 0 Å². The molecule has 1 N–H and O–H groups in total. The van der Waals surface area contributed by atoms with Crippen LogP contribution in [0, 0.1) is 17.3 Å². The van der Waals surface area contributed by atoms with Crippen molar-refractivity contribution in [3.63, 3.8) is 0 Å². The zero-order valence-electron chi connectivity index (χ0n) is 14.4. The summed E-state index contributed by atoms with van der Waals surface area (Å²) < 4.78 is 0. The maximum atomic E-state index is 3.60. The van der Waals surface area contributed by atoms with Gasteiger partial charge >= 0.3 is 0 Å². The Labute approximate surface area is 126 Å². The molecule has 0 amide bonds. The van der Waals surface area contributed by atoms with E-state index in [2.05, 4.69) is 45.1 Å². The van der Waals surface area contributed by atoms with Crippen molar-refractivity contribution in [1.29, 1.82) is 0 Å². The minimum Gasteiger partial charge on any atom is -0.317 e. The quantitative estimate of drug-likeness (QED) is 0.840. The Morgan fingerprint density at radius 2 is 1.70 bits per heavy atom. The molecule has 2 saturated carbocycles. The first-order valence-corrected chi connectivity index (χ1v) is 8.79. The van der Waals surface area contributed by atoms with E-state index in [1.54, 1.807) is 0 Å². The van der Waals surface area contributed by atoms with Gasteiger partial charge in [0, 0.05) is 18.6 Å². The number of hydrogen-bond acceptors (Lipinski definition) is 2. The van der Waals surface area contributed by atoms with E-state index in [4.69, 9.17) is 0 Å². The molecule has 0 saturated heterocycles. The van der Waals surface area contributed by atoms with Crippen LogP contribution in [0.3, 0.4) is 0 Å². The molecule has 0 heterocycles. The SMILES string of the molecule is CNC1CCC(C(C)(C)C)CC1CN(C)C1CCCC1. The van der Waals surface area contributed by atoms with Crippen LogP contribution in [0.2, 0.25) is 0 Å². The molecule has 0 spiro atoms. The van der Waals surface area contributed by atoms with Crippen molar-refractivity contribution in [2.24, 2.45) is 17.3 Å². The third kappa shape index (κ3) is 3.98. The van der Waals surface area contributed by atoms with Gasteiger partial charge in [-0.1, -0.05) is 33.6 Å². The Morgan fingerprint density at radius 3 is 2.25 bits per heavy atom. The van der Waals surface area contributed by atoms with Gasteiger partial charge in [-0.25, -0.2) is 0 Å². The molecule has 2 rings (SSSR count). The average Bonchev–Trinajstić information content (AvgIpc) is 2.91. The lowest BCUT2D eigenvalue weighted by Gasteiger charge is -2.43. The largest absolute Gasteiger partial charge is 0.317 e. The summed E-state index contributed by atoms with van der Waals surface area (Å²) in [5, 5.41) is 3.60. The van der Waals surface area contributed by atoms with E-state index in [0.717, 1.165) is 23.9 Å². The molecular weight excluding hydrogens is 244 g/mol. The van der Waals surface area contributed by atoms with E-state index < -0.39 is 0 Å². The van der Waals surface area contributed by atoms with Gasteiger partial charge in [0.2, 0.25) is 0 Å². The highest BCUT2D eigenvalue weighted by molar-refractivity contribution is 4.90. The predicted molar refractivity (Wildman–Crippen MR) is 88.0 cm³/mol. The molecule has 0 aromatic heterocycles. The monoisotopic (exact) mass is 280 g/mol. The fourth-order valence-electron chi connectivity index (χ4n) is 4.50. The van der Waals surface area contributed by atoms with Gasteiger partial charge in [0.05, 0.1) is 0 Å². The van der Waals surface area contributed by atoms with Gasteiger partial charge in [0.15, 0.2) is 0 Å². The first-order chi connectivity index (χ1) is 9.41. The summed E-state index contributed by atoms with van der Waals surface area (Å²) in [4.78, 5) is 2.67. The Bertz CT molecular complexity index is 288. The number of rotatable bonds is 4. The van der Waals surface area contributed by atoms with Crippen LogP contribution in [0.25, 0.3) is 0 Å². The zero-order chi connectivity index (χ0) is 14.8. The van der Waals surface area contributed by atoms with E-state index in [9.17, 15) is 0 Å². The molecule has 3 unspecified atom stereocenters. The molecule has 0 bridgehead atoms. The van der Waals surface area contributed by atoms with Gasteiger partial charge in [-0.2, -0.15) is 0 Å². The van der Waals surface area contributed by atoms with E-state index in [-0.39, 0.29) is 0 Å². The molecule has 118 valence electrons. The van der Waals surface area contributed by atoms with Crippen molar-refractivity contribution in [1.82, 2.24) is 10.2 Å². The lowest BCUT2D eigenvalue weighted by molar-refractivity contribution is 0.0857. The molecule has 20 heavy (non-hydrogen) atoms. The van der Waals surface area contributed by atoms with Crippen molar-refractivity contribution in [2.45, 2.75) is 77.8 Å². The van der Waals surface area contributed by atoms with Crippen molar-refractivity contribution in [2.75, 3.05) is 20.6 Å². The molecule has 2 aliphatic rings. The number of nitrogens with zero attached hydrogens (tertiary/aromatic N) is 1. The fraction of sp³-hybridized carbons (Fsp3) is 1.00. The van der Waals surface area contributed by atoms with Gasteiger partial charge in [-0.3, -0.25) is 0 Å². The summed E-state index contributed by atoms with van der Waals surface area (Å²) in [6, 6.07) is 1.60. The molecule has 0 aromatic carbocycles. The molecule has 2 fully saturated rings. The maximum absolute atomic E-state index is 3.60. The molecule has 3 atom stereocenters. The van der Waals surface area contributed by atoms with Gasteiger partial charge in [-0.15, -0.1) is 0 Å². The van der Waals surface area contributed by atoms with Gasteiger partial charge in [-0.05, 0) is 63.5 Å². The number of hydrogen-bond donors (Lipinski definition) is 1. The summed E-state index contributed by atoms with van der Waals surface area (Å²) in [7, 11) is 4.52. The van der Waals surface area contributed by atoms with E-state index >= 15 is 0 Å². The standard InChI is InChI=1S/C18H36N2/c1-18(2,3)15-10-11-17(19-4)14(12-15)13-20(5)16-8-6-7-9-16/h14-17,19H,6-13H2,1-5H3. The zero-order valence-corrected chi connectivity index (χ0v) is 14.4. The normalized spacial score (nSPS) is 33.0. The van der Waals surface area contributed by atoms with Crippen molar-refractivity contribution in [3.8, 4) is 0 Å². The van der Waals surface area contributed by atoms with Crippen LogP contribution in [0.5, 0.6) is 0 Å². The van der Waals surface area contributed by atoms with Crippen LogP contribution < -0.4 is 5.32 Å². The minimum atomic E-state index is 0.475. The Balaban J connectivity index is 1.94. The second-order valence-corrected chi connectivity index (χ2v) is 8.41. The van der Waals surface area contributed by atoms with Gasteiger partial charge in [0.1, 0.15) is 0 Å². The molecule has 0 aliphatic heterocycles. The summed E-state index contributed by atoms with van der Waals surface area (Å²) in [6.45, 7) is 8.57. The second-order valence-electron chi connectivity index (χ2n) is 8.41. The number of nitrogens with one attached hydrogen (secondary N) is 1. The Morgan fingerprint density at radius 1 is 1.05 bits per heavy atom. The first kappa shape index (κ1) is 16.3. The highest BCUT2D eigenvalue weighted by Gasteiger charge is 2.36. The van der Waals surface area contributed by atoms with Crippen LogP contribution in [0.1, 0.15) is 65.7 Å². The molecule has 2 heteroatoms. The minimum absolute atomic E-state index is 0.475. The third-order valence-electron chi connectivity index (χ3n) is 6.05. The predicted octanol–water partition coefficient (Wildman–Crippen LogP) is 3.91. The molecule has 2 aliphatic carbocycles. The van der Waals surface area contributed by atoms with E-state index in [1.807, 2.05) is 0 Å². The molecule has 2 nitrogen and oxygen atoms in total. The average molecular weight is 280 g/mol. The fourth-order valence-corrected chi connectivity index (χ4v) is 4.50. The van der Waals surface area contributed by atoms with Crippen LogP contribution in [-0.2, 0) is 0 Å². The van der Waals surface area contributed by atoms with Crippen molar-refractivity contribution < 1.29 is 0 Å².